The Kier molecular flexibility index (Phi) is 9.32. The lowest BCUT2D eigenvalue weighted by Gasteiger charge is -2.29. The maximum absolute atomic E-state index is 15.0. The lowest BCUT2D eigenvalue weighted by molar-refractivity contribution is -0.189. The largest absolute Gasteiger partial charge is 0.432 e. The number of hydrogen-bond donors (Lipinski definition) is 0. The van der Waals surface area contributed by atoms with Gasteiger partial charge in [0.2, 0.25) is 0 Å². The lowest BCUT2D eigenvalue weighted by Crippen LogP contribution is -2.25. The van der Waals surface area contributed by atoms with Crippen molar-refractivity contribution in [3.8, 4) is 28.0 Å². The first-order chi connectivity index (χ1) is 21.0. The summed E-state index contributed by atoms with van der Waals surface area (Å²) in [5, 5.41) is 0. The van der Waals surface area contributed by atoms with Crippen molar-refractivity contribution in [3.63, 3.8) is 0 Å². The van der Waals surface area contributed by atoms with E-state index < -0.39 is 63.5 Å². The summed E-state index contributed by atoms with van der Waals surface area (Å²) in [7, 11) is 0. The number of hydrogen-bond acceptors (Lipinski definition) is 1. The van der Waals surface area contributed by atoms with E-state index in [1.54, 1.807) is 12.1 Å². The fourth-order valence-electron chi connectivity index (χ4n) is 5.95. The maximum Gasteiger partial charge on any atom is 0.432 e. The van der Waals surface area contributed by atoms with Crippen LogP contribution in [0.15, 0.2) is 66.7 Å². The van der Waals surface area contributed by atoms with Gasteiger partial charge in [0.05, 0.1) is 0 Å². The molecule has 0 atom stereocenters. The monoisotopic (exact) mass is 618 g/mol. The summed E-state index contributed by atoms with van der Waals surface area (Å²) in [6.45, 7) is 2.19. The van der Waals surface area contributed by atoms with Gasteiger partial charge in [-0.15, -0.1) is 0 Å². The van der Waals surface area contributed by atoms with Gasteiger partial charge in [0.15, 0.2) is 17.5 Å². The molecule has 44 heavy (non-hydrogen) atoms. The summed E-state index contributed by atoms with van der Waals surface area (Å²) in [5.74, 6) is -8.91. The Balaban J connectivity index is 1.31. The minimum atomic E-state index is -4.55. The number of halogens is 8. The van der Waals surface area contributed by atoms with E-state index in [-0.39, 0.29) is 5.56 Å². The van der Waals surface area contributed by atoms with Crippen molar-refractivity contribution in [2.24, 2.45) is 5.92 Å². The molecule has 0 aromatic heterocycles. The van der Waals surface area contributed by atoms with Gasteiger partial charge in [0, 0.05) is 11.6 Å². The molecule has 0 saturated heterocycles. The second kappa shape index (κ2) is 13.0. The molecule has 0 spiro atoms. The number of alkyl halides is 2. The van der Waals surface area contributed by atoms with Crippen molar-refractivity contribution in [2.75, 3.05) is 0 Å². The molecule has 0 heterocycles. The Hall–Kier alpha value is -3.88. The fraction of sp³-hybridized carbons (Fsp3) is 0.314. The van der Waals surface area contributed by atoms with Gasteiger partial charge in [-0.3, -0.25) is 0 Å². The van der Waals surface area contributed by atoms with Crippen LogP contribution >= 0.6 is 0 Å². The molecule has 5 rings (SSSR count). The van der Waals surface area contributed by atoms with E-state index >= 15 is 0 Å². The number of rotatable bonds is 9. The highest BCUT2D eigenvalue weighted by molar-refractivity contribution is 5.66. The Labute approximate surface area is 250 Å². The van der Waals surface area contributed by atoms with Gasteiger partial charge in [-0.1, -0.05) is 50.5 Å². The fourth-order valence-corrected chi connectivity index (χ4v) is 5.95. The van der Waals surface area contributed by atoms with Crippen LogP contribution in [0, 0.1) is 40.8 Å². The molecule has 0 radical (unpaired) electrons. The van der Waals surface area contributed by atoms with Crippen molar-refractivity contribution in [2.45, 2.75) is 63.9 Å². The maximum atomic E-state index is 15.0. The normalized spacial score (nSPS) is 17.1. The SMILES string of the molecule is CCCCC1CCC(c2ccc(-c3cc(F)c(C(F)(F)Oc4ccc(-c5cc(F)c(F)c(F)c5)c(F)c4)c(F)c3)cc2)CC1. The molecule has 0 N–H and O–H groups in total. The van der Waals surface area contributed by atoms with Crippen LogP contribution in [0.4, 0.5) is 35.1 Å². The van der Waals surface area contributed by atoms with E-state index in [2.05, 4.69) is 11.7 Å². The third kappa shape index (κ3) is 6.76. The van der Waals surface area contributed by atoms with Gasteiger partial charge in [0.1, 0.15) is 28.8 Å². The first kappa shape index (κ1) is 31.5. The van der Waals surface area contributed by atoms with Gasteiger partial charge < -0.3 is 4.74 Å². The first-order valence-corrected chi connectivity index (χ1v) is 14.6. The van der Waals surface area contributed by atoms with E-state index in [4.69, 9.17) is 0 Å². The van der Waals surface area contributed by atoms with Crippen LogP contribution in [-0.2, 0) is 6.11 Å². The zero-order chi connectivity index (χ0) is 31.6. The molecule has 0 bridgehead atoms. The summed E-state index contributed by atoms with van der Waals surface area (Å²) in [6.07, 6.45) is 3.64. The van der Waals surface area contributed by atoms with E-state index in [1.165, 1.54) is 32.1 Å². The molecule has 1 saturated carbocycles. The zero-order valence-corrected chi connectivity index (χ0v) is 23.9. The standard InChI is InChI=1S/C35H30F8O/c1-2-3-4-20-5-7-21(8-6-20)22-9-11-23(12-10-22)24-15-29(37)33(30(38)16-24)35(42,43)44-26-13-14-27(28(36)19-26)25-17-31(39)34(41)32(40)18-25/h9-21H,2-8H2,1H3. The second-order valence-corrected chi connectivity index (χ2v) is 11.3. The molecule has 1 nitrogen and oxygen atoms in total. The zero-order valence-electron chi connectivity index (χ0n) is 23.9. The van der Waals surface area contributed by atoms with Crippen molar-refractivity contribution in [3.05, 3.63) is 113 Å². The highest BCUT2D eigenvalue weighted by Crippen LogP contribution is 2.40. The molecule has 0 amide bonds. The van der Waals surface area contributed by atoms with Crippen molar-refractivity contribution in [1.82, 2.24) is 0 Å². The molecular weight excluding hydrogens is 588 g/mol. The second-order valence-electron chi connectivity index (χ2n) is 11.3. The highest BCUT2D eigenvalue weighted by atomic mass is 19.3. The average Bonchev–Trinajstić information content (AvgIpc) is 2.98. The van der Waals surface area contributed by atoms with Crippen LogP contribution < -0.4 is 4.74 Å². The van der Waals surface area contributed by atoms with Crippen LogP contribution in [0.3, 0.4) is 0 Å². The van der Waals surface area contributed by atoms with Crippen LogP contribution in [0.2, 0.25) is 0 Å². The Morgan fingerprint density at radius 1 is 0.659 bits per heavy atom. The third-order valence-electron chi connectivity index (χ3n) is 8.34. The topological polar surface area (TPSA) is 9.23 Å². The highest BCUT2D eigenvalue weighted by Gasteiger charge is 2.41. The van der Waals surface area contributed by atoms with Crippen molar-refractivity contribution >= 4 is 0 Å². The van der Waals surface area contributed by atoms with Gasteiger partial charge in [0.25, 0.3) is 0 Å². The summed E-state index contributed by atoms with van der Waals surface area (Å²) >= 11 is 0. The van der Waals surface area contributed by atoms with Crippen LogP contribution in [0.5, 0.6) is 5.75 Å². The van der Waals surface area contributed by atoms with Gasteiger partial charge >= 0.3 is 6.11 Å². The Morgan fingerprint density at radius 3 is 1.82 bits per heavy atom. The van der Waals surface area contributed by atoms with E-state index in [0.29, 0.717) is 29.7 Å². The first-order valence-electron chi connectivity index (χ1n) is 14.6. The molecule has 4 aromatic rings. The Morgan fingerprint density at radius 2 is 1.25 bits per heavy atom. The molecular formula is C35H30F8O. The van der Waals surface area contributed by atoms with Crippen molar-refractivity contribution in [1.29, 1.82) is 0 Å². The summed E-state index contributed by atoms with van der Waals surface area (Å²) < 4.78 is 119. The summed E-state index contributed by atoms with van der Waals surface area (Å²) in [5.41, 5.74) is -0.856. The predicted molar refractivity (Wildman–Crippen MR) is 152 cm³/mol. The van der Waals surface area contributed by atoms with Crippen molar-refractivity contribution < 1.29 is 39.9 Å². The molecule has 4 aromatic carbocycles. The Bertz CT molecular complexity index is 1580. The predicted octanol–water partition coefficient (Wildman–Crippen LogP) is 11.4. The van der Waals surface area contributed by atoms with Gasteiger partial charge in [-0.25, -0.2) is 26.3 Å². The molecule has 1 fully saturated rings. The summed E-state index contributed by atoms with van der Waals surface area (Å²) in [4.78, 5) is 0. The molecule has 0 unspecified atom stereocenters. The average molecular weight is 619 g/mol. The minimum absolute atomic E-state index is 0.0588. The molecule has 0 aliphatic heterocycles. The van der Waals surface area contributed by atoms with Gasteiger partial charge in [-0.2, -0.15) is 8.78 Å². The molecule has 9 heteroatoms. The van der Waals surface area contributed by atoms with E-state index in [0.717, 1.165) is 48.6 Å². The minimum Gasteiger partial charge on any atom is -0.429 e. The summed E-state index contributed by atoms with van der Waals surface area (Å²) in [6, 6.07) is 12.0. The third-order valence-corrected chi connectivity index (χ3v) is 8.34. The quantitative estimate of drug-likeness (QED) is 0.134. The van der Waals surface area contributed by atoms with Crippen LogP contribution in [0.1, 0.15) is 68.9 Å². The number of ether oxygens (including phenoxy) is 1. The van der Waals surface area contributed by atoms with E-state index in [9.17, 15) is 35.1 Å². The van der Waals surface area contributed by atoms with Gasteiger partial charge in [-0.05, 0) is 96.2 Å². The van der Waals surface area contributed by atoms with Crippen LogP contribution in [-0.4, -0.2) is 0 Å². The number of benzene rings is 4. The molecule has 232 valence electrons. The van der Waals surface area contributed by atoms with Crippen LogP contribution in [0.25, 0.3) is 22.3 Å². The molecule has 1 aliphatic rings. The molecule has 1 aliphatic carbocycles. The number of unbranched alkanes of at least 4 members (excludes halogenated alkanes) is 1. The van der Waals surface area contributed by atoms with E-state index in [1.807, 2.05) is 12.1 Å². The smallest absolute Gasteiger partial charge is 0.429 e. The lowest BCUT2D eigenvalue weighted by atomic mass is 9.77.